The Morgan fingerprint density at radius 1 is 0.909 bits per heavy atom. The van der Waals surface area contributed by atoms with Gasteiger partial charge in [0.05, 0.1) is 12.9 Å². The molecule has 1 saturated heterocycles. The summed E-state index contributed by atoms with van der Waals surface area (Å²) in [6, 6.07) is 25.7. The van der Waals surface area contributed by atoms with Crippen LogP contribution in [0.2, 0.25) is 0 Å². The first-order valence-electron chi connectivity index (χ1n) is 14.4. The Bertz CT molecular complexity index is 1650. The van der Waals surface area contributed by atoms with Crippen molar-refractivity contribution < 1.29 is 24.9 Å². The van der Waals surface area contributed by atoms with Gasteiger partial charge >= 0.3 is 0 Å². The molecule has 3 aromatic heterocycles. The van der Waals surface area contributed by atoms with Gasteiger partial charge in [-0.2, -0.15) is 0 Å². The van der Waals surface area contributed by atoms with Crippen LogP contribution in [0.15, 0.2) is 91.4 Å². The summed E-state index contributed by atoms with van der Waals surface area (Å²) in [5.41, 5.74) is 3.61. The van der Waals surface area contributed by atoms with Crippen LogP contribution in [-0.4, -0.2) is 83.7 Å². The van der Waals surface area contributed by atoms with Crippen LogP contribution in [0.1, 0.15) is 39.6 Å². The maximum Gasteiger partial charge on any atom is 0.289 e. The van der Waals surface area contributed by atoms with E-state index in [1.54, 1.807) is 6.20 Å². The summed E-state index contributed by atoms with van der Waals surface area (Å²) in [5.74, 6) is -0.319. The zero-order chi connectivity index (χ0) is 30.5. The van der Waals surface area contributed by atoms with Gasteiger partial charge in [0.25, 0.3) is 5.91 Å². The van der Waals surface area contributed by atoms with Crippen molar-refractivity contribution in [1.29, 1.82) is 0 Å². The number of hydrogen-bond acceptors (Lipinski definition) is 10. The Balaban J connectivity index is 1.33. The number of pyridine rings is 1. The maximum absolute atomic E-state index is 13.3. The third-order valence-electron chi connectivity index (χ3n) is 7.69. The molecule has 4 heterocycles. The Morgan fingerprint density at radius 3 is 2.25 bits per heavy atom. The summed E-state index contributed by atoms with van der Waals surface area (Å²) in [7, 11) is 0. The van der Waals surface area contributed by atoms with Gasteiger partial charge in [-0.05, 0) is 23.3 Å². The largest absolute Gasteiger partial charge is 0.394 e. The lowest BCUT2D eigenvalue weighted by molar-refractivity contribution is -0.0511. The number of benzene rings is 2. The second-order valence-corrected chi connectivity index (χ2v) is 10.5. The normalized spacial score (nSPS) is 19.8. The second-order valence-electron chi connectivity index (χ2n) is 10.5. The van der Waals surface area contributed by atoms with E-state index in [9.17, 15) is 20.1 Å². The molecule has 0 radical (unpaired) electrons. The van der Waals surface area contributed by atoms with Crippen molar-refractivity contribution in [3.8, 4) is 0 Å². The van der Waals surface area contributed by atoms with Gasteiger partial charge in [-0.3, -0.25) is 14.3 Å². The van der Waals surface area contributed by atoms with E-state index in [1.807, 2.05) is 54.6 Å². The molecule has 1 aliphatic rings. The average molecular weight is 596 g/mol. The van der Waals surface area contributed by atoms with Crippen LogP contribution < -0.4 is 10.6 Å². The number of nitrogens with one attached hydrogen (secondary N) is 2. The number of aromatic nitrogens is 5. The number of aliphatic hydroxyl groups is 3. The predicted molar refractivity (Wildman–Crippen MR) is 162 cm³/mol. The summed E-state index contributed by atoms with van der Waals surface area (Å²) >= 11 is 0. The van der Waals surface area contributed by atoms with E-state index in [2.05, 4.69) is 54.8 Å². The molecule has 4 atom stereocenters. The van der Waals surface area contributed by atoms with E-state index in [4.69, 9.17) is 4.74 Å². The third-order valence-corrected chi connectivity index (χ3v) is 7.69. The maximum atomic E-state index is 13.3. The Kier molecular flexibility index (Phi) is 8.84. The van der Waals surface area contributed by atoms with Crippen LogP contribution in [0.5, 0.6) is 0 Å². The van der Waals surface area contributed by atoms with Crippen molar-refractivity contribution in [1.82, 2.24) is 29.8 Å². The van der Waals surface area contributed by atoms with E-state index in [1.165, 1.54) is 10.9 Å². The third kappa shape index (κ3) is 6.15. The van der Waals surface area contributed by atoms with Crippen molar-refractivity contribution >= 4 is 22.9 Å². The van der Waals surface area contributed by atoms with Gasteiger partial charge in [-0.25, -0.2) is 15.0 Å². The molecule has 0 bridgehead atoms. The highest BCUT2D eigenvalue weighted by Crippen LogP contribution is 2.33. The van der Waals surface area contributed by atoms with Gasteiger partial charge in [0.15, 0.2) is 23.2 Å². The average Bonchev–Trinajstić information content (AvgIpc) is 3.62. The zero-order valence-electron chi connectivity index (χ0n) is 23.8. The van der Waals surface area contributed by atoms with Gasteiger partial charge in [0.1, 0.15) is 18.3 Å². The number of nitrogens with zero attached hydrogens (tertiary/aromatic N) is 5. The molecule has 1 aliphatic heterocycles. The summed E-state index contributed by atoms with van der Waals surface area (Å²) < 4.78 is 7.19. The smallest absolute Gasteiger partial charge is 0.289 e. The van der Waals surface area contributed by atoms with Gasteiger partial charge < -0.3 is 30.7 Å². The van der Waals surface area contributed by atoms with E-state index in [-0.39, 0.29) is 17.4 Å². The minimum atomic E-state index is -1.35. The number of ether oxygens (including phenoxy) is 1. The number of anilines is 1. The fourth-order valence-corrected chi connectivity index (χ4v) is 5.36. The monoisotopic (exact) mass is 595 g/mol. The minimum absolute atomic E-state index is 0.0411. The van der Waals surface area contributed by atoms with Crippen molar-refractivity contribution in [2.75, 3.05) is 25.0 Å². The van der Waals surface area contributed by atoms with E-state index in [0.29, 0.717) is 30.8 Å². The van der Waals surface area contributed by atoms with Crippen molar-refractivity contribution in [3.63, 3.8) is 0 Å². The summed E-state index contributed by atoms with van der Waals surface area (Å²) in [5, 5.41) is 36.9. The molecule has 44 heavy (non-hydrogen) atoms. The first-order chi connectivity index (χ1) is 21.5. The van der Waals surface area contributed by atoms with Gasteiger partial charge in [0.2, 0.25) is 5.82 Å². The molecule has 1 amide bonds. The highest BCUT2D eigenvalue weighted by molar-refractivity contribution is 5.94. The van der Waals surface area contributed by atoms with Gasteiger partial charge in [-0.1, -0.05) is 66.7 Å². The number of amides is 1. The SMILES string of the molecule is O=C(NCCc1ccccn1)c1nc(NCC(c2ccccc2)c2ccccc2)c2ncn([C@@H]3O[C@H](CO)C(O)[C@@H]3O)c2n1. The molecule has 5 N–H and O–H groups in total. The van der Waals surface area contributed by atoms with Crippen LogP contribution in [-0.2, 0) is 11.2 Å². The first kappa shape index (κ1) is 29.3. The fourth-order valence-electron chi connectivity index (χ4n) is 5.36. The van der Waals surface area contributed by atoms with Gasteiger partial charge in [0, 0.05) is 37.3 Å². The fraction of sp³-hybridized carbons (Fsp3) is 0.281. The van der Waals surface area contributed by atoms with E-state index in [0.717, 1.165) is 16.8 Å². The zero-order valence-corrected chi connectivity index (χ0v) is 23.8. The topological polar surface area (TPSA) is 168 Å². The standard InChI is InChI=1S/C32H33N7O5/c40-18-24-26(41)27(42)32(44-24)39-19-36-25-28(35-17-23(20-9-3-1-4-10-20)21-11-5-2-6-12-21)37-29(38-30(25)39)31(43)34-16-14-22-13-7-8-15-33-22/h1-13,15,19,23-24,26-27,32,40-42H,14,16-18H2,(H,34,43)(H,35,37,38)/t24-,26?,27+,32-/m1/s1. The van der Waals surface area contributed by atoms with Crippen molar-refractivity contribution in [3.05, 3.63) is 114 Å². The molecule has 12 nitrogen and oxygen atoms in total. The van der Waals surface area contributed by atoms with E-state index < -0.39 is 37.1 Å². The van der Waals surface area contributed by atoms with Crippen LogP contribution in [0.3, 0.4) is 0 Å². The van der Waals surface area contributed by atoms with E-state index >= 15 is 0 Å². The number of imidazole rings is 1. The summed E-state index contributed by atoms with van der Waals surface area (Å²) in [4.78, 5) is 31.2. The lowest BCUT2D eigenvalue weighted by Crippen LogP contribution is -2.33. The predicted octanol–water partition coefficient (Wildman–Crippen LogP) is 2.05. The Morgan fingerprint density at radius 2 is 1.61 bits per heavy atom. The molecule has 6 rings (SSSR count). The molecular formula is C32H33N7O5. The number of carbonyl (C=O) groups is 1. The lowest BCUT2D eigenvalue weighted by atomic mass is 9.91. The van der Waals surface area contributed by atoms with Gasteiger partial charge in [-0.15, -0.1) is 0 Å². The molecule has 1 fully saturated rings. The number of carbonyl (C=O) groups excluding carboxylic acids is 1. The molecule has 1 unspecified atom stereocenters. The molecule has 5 aromatic rings. The Hall–Kier alpha value is -4.75. The molecular weight excluding hydrogens is 562 g/mol. The second kappa shape index (κ2) is 13.3. The van der Waals surface area contributed by atoms with Crippen LogP contribution in [0, 0.1) is 0 Å². The number of rotatable bonds is 11. The highest BCUT2D eigenvalue weighted by atomic mass is 16.6. The van der Waals surface area contributed by atoms with Crippen molar-refractivity contribution in [2.45, 2.75) is 36.9 Å². The highest BCUT2D eigenvalue weighted by Gasteiger charge is 2.44. The minimum Gasteiger partial charge on any atom is -0.394 e. The quantitative estimate of drug-likeness (QED) is 0.152. The molecule has 2 aromatic carbocycles. The number of hydrogen-bond donors (Lipinski definition) is 5. The molecule has 12 heteroatoms. The lowest BCUT2D eigenvalue weighted by Gasteiger charge is -2.20. The molecule has 0 spiro atoms. The van der Waals surface area contributed by atoms with Crippen LogP contribution >= 0.6 is 0 Å². The summed E-state index contributed by atoms with van der Waals surface area (Å²) in [6.45, 7) is 0.271. The number of aliphatic hydroxyl groups excluding tert-OH is 3. The summed E-state index contributed by atoms with van der Waals surface area (Å²) in [6.07, 6.45) is -1.10. The molecule has 0 aliphatic carbocycles. The first-order valence-corrected chi connectivity index (χ1v) is 14.4. The molecule has 226 valence electrons. The molecule has 0 saturated carbocycles. The van der Waals surface area contributed by atoms with Crippen LogP contribution in [0.25, 0.3) is 11.2 Å². The Labute approximate surface area is 253 Å². The number of fused-ring (bicyclic) bond motifs is 1. The van der Waals surface area contributed by atoms with Crippen LogP contribution in [0.4, 0.5) is 5.82 Å². The van der Waals surface area contributed by atoms with Crippen molar-refractivity contribution in [2.24, 2.45) is 0 Å².